The second kappa shape index (κ2) is 7.30. The number of hydrogen-bond acceptors (Lipinski definition) is 5. The minimum Gasteiger partial charge on any atom is -0.333 e. The van der Waals surface area contributed by atoms with Gasteiger partial charge in [-0.3, -0.25) is 4.79 Å². The van der Waals surface area contributed by atoms with Crippen molar-refractivity contribution in [2.75, 3.05) is 16.4 Å². The van der Waals surface area contributed by atoms with Crippen molar-refractivity contribution in [2.45, 2.75) is 18.7 Å². The molecule has 0 radical (unpaired) electrons. The quantitative estimate of drug-likeness (QED) is 0.805. The highest BCUT2D eigenvalue weighted by Gasteiger charge is 2.25. The van der Waals surface area contributed by atoms with E-state index in [4.69, 9.17) is 11.6 Å². The van der Waals surface area contributed by atoms with Gasteiger partial charge >= 0.3 is 0 Å². The highest BCUT2D eigenvalue weighted by molar-refractivity contribution is 8.15. The first-order valence-corrected chi connectivity index (χ1v) is 10.5. The van der Waals surface area contributed by atoms with E-state index in [0.717, 1.165) is 28.6 Å². The Morgan fingerprint density at radius 3 is 2.73 bits per heavy atom. The number of rotatable bonds is 3. The van der Waals surface area contributed by atoms with Crippen LogP contribution in [0.5, 0.6) is 0 Å². The van der Waals surface area contributed by atoms with Crippen molar-refractivity contribution >= 4 is 55.8 Å². The number of nitrogens with one attached hydrogen (secondary N) is 2. The second-order valence-electron chi connectivity index (χ2n) is 5.79. The third-order valence-electron chi connectivity index (χ3n) is 3.66. The van der Waals surface area contributed by atoms with Crippen LogP contribution < -0.4 is 10.6 Å². The summed E-state index contributed by atoms with van der Waals surface area (Å²) in [7, 11) is -3.84. The molecule has 2 N–H and O–H groups in total. The summed E-state index contributed by atoms with van der Waals surface area (Å²) in [6, 6.07) is 10.2. The number of aryl methyl sites for hydroxylation is 2. The van der Waals surface area contributed by atoms with E-state index in [1.807, 2.05) is 32.0 Å². The maximum Gasteiger partial charge on any atom is 0.286 e. The molecule has 1 amide bonds. The minimum atomic E-state index is -3.84. The van der Waals surface area contributed by atoms with E-state index in [1.54, 1.807) is 12.1 Å². The van der Waals surface area contributed by atoms with Gasteiger partial charge in [0.1, 0.15) is 4.90 Å². The molecule has 0 spiro atoms. The Hall–Kier alpha value is -2.03. The summed E-state index contributed by atoms with van der Waals surface area (Å²) in [4.78, 5) is 12.2. The lowest BCUT2D eigenvalue weighted by Crippen LogP contribution is -2.22. The summed E-state index contributed by atoms with van der Waals surface area (Å²) >= 11 is 6.86. The van der Waals surface area contributed by atoms with Crippen LogP contribution in [0.1, 0.15) is 11.1 Å². The first kappa shape index (κ1) is 18.8. The van der Waals surface area contributed by atoms with E-state index >= 15 is 0 Å². The molecule has 0 unspecified atom stereocenters. The van der Waals surface area contributed by atoms with Gasteiger partial charge < -0.3 is 10.6 Å². The number of sulfonamides is 1. The molecule has 1 aliphatic heterocycles. The second-order valence-corrected chi connectivity index (χ2v) is 8.77. The lowest BCUT2D eigenvalue weighted by molar-refractivity contribution is -0.113. The van der Waals surface area contributed by atoms with Crippen LogP contribution in [0.4, 0.5) is 11.4 Å². The molecule has 0 saturated heterocycles. The van der Waals surface area contributed by atoms with Crippen LogP contribution in [0.3, 0.4) is 0 Å². The van der Waals surface area contributed by atoms with Crippen molar-refractivity contribution in [2.24, 2.45) is 4.40 Å². The zero-order valence-electron chi connectivity index (χ0n) is 14.0. The summed E-state index contributed by atoms with van der Waals surface area (Å²) in [6.07, 6.45) is 0. The average Bonchev–Trinajstić information content (AvgIpc) is 2.56. The molecule has 2 aromatic rings. The van der Waals surface area contributed by atoms with Gasteiger partial charge in [-0.1, -0.05) is 41.1 Å². The summed E-state index contributed by atoms with van der Waals surface area (Å²) in [6.45, 7) is 3.89. The summed E-state index contributed by atoms with van der Waals surface area (Å²) in [5, 5.41) is 6.19. The number of amides is 1. The SMILES string of the molecule is Cc1ccc(NC(=O)CSC2=NS(=O)(=O)c3cc(Cl)ccc3N2)c(C)c1. The zero-order chi connectivity index (χ0) is 18.9. The summed E-state index contributed by atoms with van der Waals surface area (Å²) < 4.78 is 28.2. The van der Waals surface area contributed by atoms with E-state index in [1.165, 1.54) is 6.07 Å². The molecule has 0 atom stereocenters. The van der Waals surface area contributed by atoms with Crippen LogP contribution >= 0.6 is 23.4 Å². The van der Waals surface area contributed by atoms with Gasteiger partial charge in [0.2, 0.25) is 5.91 Å². The maximum atomic E-state index is 12.2. The fraction of sp³-hybridized carbons (Fsp3) is 0.176. The molecule has 0 saturated carbocycles. The number of nitrogens with zero attached hydrogens (tertiary/aromatic N) is 1. The Labute approximate surface area is 161 Å². The fourth-order valence-electron chi connectivity index (χ4n) is 2.45. The molecule has 136 valence electrons. The third-order valence-corrected chi connectivity index (χ3v) is 6.20. The number of carbonyl (C=O) groups is 1. The van der Waals surface area contributed by atoms with Crippen LogP contribution in [0.2, 0.25) is 5.02 Å². The monoisotopic (exact) mass is 409 g/mol. The predicted octanol–water partition coefficient (Wildman–Crippen LogP) is 3.80. The van der Waals surface area contributed by atoms with E-state index in [9.17, 15) is 13.2 Å². The molecular weight excluding hydrogens is 394 g/mol. The summed E-state index contributed by atoms with van der Waals surface area (Å²) in [5.41, 5.74) is 3.19. The topological polar surface area (TPSA) is 87.6 Å². The van der Waals surface area contributed by atoms with Crippen molar-refractivity contribution in [3.05, 3.63) is 52.5 Å². The molecule has 6 nitrogen and oxygen atoms in total. The Kier molecular flexibility index (Phi) is 5.27. The Morgan fingerprint density at radius 2 is 2.00 bits per heavy atom. The van der Waals surface area contributed by atoms with Crippen LogP contribution in [0.25, 0.3) is 0 Å². The number of carbonyl (C=O) groups excluding carboxylic acids is 1. The Morgan fingerprint density at radius 1 is 1.23 bits per heavy atom. The molecule has 2 aromatic carbocycles. The van der Waals surface area contributed by atoms with Crippen molar-refractivity contribution in [3.8, 4) is 0 Å². The molecule has 0 bridgehead atoms. The van der Waals surface area contributed by atoms with E-state index < -0.39 is 10.0 Å². The fourth-order valence-corrected chi connectivity index (χ4v) is 4.74. The number of anilines is 2. The molecule has 26 heavy (non-hydrogen) atoms. The minimum absolute atomic E-state index is 0.0223. The van der Waals surface area contributed by atoms with Crippen molar-refractivity contribution < 1.29 is 13.2 Å². The molecule has 0 fully saturated rings. The lowest BCUT2D eigenvalue weighted by atomic mass is 10.1. The molecule has 9 heteroatoms. The third kappa shape index (κ3) is 4.20. The van der Waals surface area contributed by atoms with Gasteiger partial charge in [0.15, 0.2) is 5.17 Å². The van der Waals surface area contributed by atoms with Gasteiger partial charge in [0.25, 0.3) is 10.0 Å². The van der Waals surface area contributed by atoms with Gasteiger partial charge in [-0.25, -0.2) is 0 Å². The highest BCUT2D eigenvalue weighted by atomic mass is 35.5. The average molecular weight is 410 g/mol. The van der Waals surface area contributed by atoms with Gasteiger partial charge in [0.05, 0.1) is 11.4 Å². The number of fused-ring (bicyclic) bond motifs is 1. The van der Waals surface area contributed by atoms with Crippen molar-refractivity contribution in [1.29, 1.82) is 0 Å². The van der Waals surface area contributed by atoms with Gasteiger partial charge in [-0.05, 0) is 43.7 Å². The standard InChI is InChI=1S/C17H16ClN3O3S2/c1-10-3-5-13(11(2)7-10)19-16(22)9-25-17-20-14-6-4-12(18)8-15(14)26(23,24)21-17/h3-8H,9H2,1-2H3,(H,19,22)(H,20,21). The smallest absolute Gasteiger partial charge is 0.286 e. The zero-order valence-corrected chi connectivity index (χ0v) is 16.4. The Balaban J connectivity index is 1.68. The largest absolute Gasteiger partial charge is 0.333 e. The van der Waals surface area contributed by atoms with Gasteiger partial charge in [-0.15, -0.1) is 4.40 Å². The molecule has 1 heterocycles. The van der Waals surface area contributed by atoms with Crippen LogP contribution in [-0.2, 0) is 14.8 Å². The lowest BCUT2D eigenvalue weighted by Gasteiger charge is -2.17. The number of halogens is 1. The predicted molar refractivity (Wildman–Crippen MR) is 107 cm³/mol. The number of thioether (sulfide) groups is 1. The number of hydrogen-bond donors (Lipinski definition) is 2. The highest BCUT2D eigenvalue weighted by Crippen LogP contribution is 2.31. The Bertz CT molecular complexity index is 1020. The first-order chi connectivity index (χ1) is 12.2. The van der Waals surface area contributed by atoms with Crippen molar-refractivity contribution in [3.63, 3.8) is 0 Å². The van der Waals surface area contributed by atoms with E-state index in [0.29, 0.717) is 10.7 Å². The molecule has 1 aliphatic rings. The van der Waals surface area contributed by atoms with Crippen LogP contribution in [0.15, 0.2) is 45.7 Å². The number of amidine groups is 1. The van der Waals surface area contributed by atoms with Gasteiger partial charge in [-0.2, -0.15) is 8.42 Å². The summed E-state index contributed by atoms with van der Waals surface area (Å²) in [5.74, 6) is -0.219. The molecule has 0 aromatic heterocycles. The molecule has 3 rings (SSSR count). The maximum absolute atomic E-state index is 12.2. The normalized spacial score (nSPS) is 14.8. The van der Waals surface area contributed by atoms with Crippen LogP contribution in [-0.4, -0.2) is 25.2 Å². The number of benzene rings is 2. The van der Waals surface area contributed by atoms with E-state index in [2.05, 4.69) is 15.0 Å². The first-order valence-electron chi connectivity index (χ1n) is 7.66. The molecule has 0 aliphatic carbocycles. The van der Waals surface area contributed by atoms with E-state index in [-0.39, 0.29) is 21.7 Å². The van der Waals surface area contributed by atoms with Gasteiger partial charge in [0, 0.05) is 10.7 Å². The molecular formula is C17H16ClN3O3S2. The van der Waals surface area contributed by atoms with Crippen molar-refractivity contribution in [1.82, 2.24) is 0 Å². The van der Waals surface area contributed by atoms with Crippen LogP contribution in [0, 0.1) is 13.8 Å².